The normalized spacial score (nSPS) is 13.3. The van der Waals surface area contributed by atoms with Crippen LogP contribution in [0.4, 0.5) is 0 Å². The maximum absolute atomic E-state index is 12.5. The Morgan fingerprint density at radius 2 is 1.95 bits per heavy atom. The maximum atomic E-state index is 12.5. The van der Waals surface area contributed by atoms with E-state index in [0.29, 0.717) is 12.1 Å². The first-order valence-corrected chi connectivity index (χ1v) is 8.92. The van der Waals surface area contributed by atoms with Crippen LogP contribution < -0.4 is 4.72 Å². The lowest BCUT2D eigenvalue weighted by Crippen LogP contribution is -2.33. The van der Waals surface area contributed by atoms with Crippen LogP contribution in [0.15, 0.2) is 35.2 Å². The highest BCUT2D eigenvalue weighted by Crippen LogP contribution is 2.24. The third-order valence-electron chi connectivity index (χ3n) is 3.43. The molecule has 1 heterocycles. The van der Waals surface area contributed by atoms with Crippen molar-refractivity contribution >= 4 is 21.6 Å². The summed E-state index contributed by atoms with van der Waals surface area (Å²) in [6, 6.07) is 9.78. The first-order chi connectivity index (χ1) is 10.3. The van der Waals surface area contributed by atoms with Crippen molar-refractivity contribution in [2.45, 2.75) is 37.6 Å². The number of nitrogens with one attached hydrogen (secondary N) is 1. The fourth-order valence-corrected chi connectivity index (χ4v) is 4.35. The van der Waals surface area contributed by atoms with Gasteiger partial charge >= 0.3 is 0 Å². The molecule has 0 saturated carbocycles. The van der Waals surface area contributed by atoms with Crippen LogP contribution in [0, 0.1) is 6.92 Å². The summed E-state index contributed by atoms with van der Waals surface area (Å²) in [6.07, 6.45) is 1.52. The monoisotopic (exact) mass is 341 g/mol. The number of nitrogens with zero attached hydrogens (tertiary/aromatic N) is 2. The number of halogens is 1. The van der Waals surface area contributed by atoms with E-state index in [1.165, 1.54) is 10.2 Å². The highest BCUT2D eigenvalue weighted by Gasteiger charge is 2.26. The molecule has 0 radical (unpaired) electrons. The lowest BCUT2D eigenvalue weighted by molar-refractivity contribution is 0.546. The molecule has 0 fully saturated rings. The summed E-state index contributed by atoms with van der Waals surface area (Å²) in [4.78, 5) is 0.0585. The van der Waals surface area contributed by atoms with E-state index in [0.717, 1.165) is 6.42 Å². The summed E-state index contributed by atoms with van der Waals surface area (Å²) >= 11 is 6.04. The van der Waals surface area contributed by atoms with Crippen molar-refractivity contribution in [2.75, 3.05) is 0 Å². The van der Waals surface area contributed by atoms with Crippen LogP contribution in [-0.2, 0) is 23.5 Å². The number of aromatic nitrogens is 2. The Morgan fingerprint density at radius 1 is 1.32 bits per heavy atom. The average Bonchev–Trinajstić information content (AvgIpc) is 2.71. The van der Waals surface area contributed by atoms with Crippen LogP contribution in [0.5, 0.6) is 0 Å². The van der Waals surface area contributed by atoms with Gasteiger partial charge in [0.05, 0.1) is 5.69 Å². The molecule has 1 unspecified atom stereocenters. The molecular weight excluding hydrogens is 322 g/mol. The van der Waals surface area contributed by atoms with Crippen LogP contribution in [0.2, 0.25) is 5.15 Å². The van der Waals surface area contributed by atoms with Crippen molar-refractivity contribution in [3.63, 3.8) is 0 Å². The van der Waals surface area contributed by atoms with E-state index in [4.69, 9.17) is 11.6 Å². The third-order valence-corrected chi connectivity index (χ3v) is 5.72. The zero-order valence-corrected chi connectivity index (χ0v) is 14.4. The number of rotatable bonds is 6. The SMILES string of the molecule is Cc1nn(C)c(Cl)c1S(=O)(=O)NC(C)CCc1ccccc1. The van der Waals surface area contributed by atoms with Crippen LogP contribution in [0.1, 0.15) is 24.6 Å². The van der Waals surface area contributed by atoms with Gasteiger partial charge in [0.25, 0.3) is 0 Å². The molecule has 22 heavy (non-hydrogen) atoms. The predicted octanol–water partition coefficient (Wildman–Crippen LogP) is 2.68. The Morgan fingerprint density at radius 3 is 2.50 bits per heavy atom. The third kappa shape index (κ3) is 3.88. The van der Waals surface area contributed by atoms with Crippen molar-refractivity contribution in [1.29, 1.82) is 0 Å². The van der Waals surface area contributed by atoms with Gasteiger partial charge in [-0.2, -0.15) is 5.10 Å². The second-order valence-corrected chi connectivity index (χ2v) is 7.38. The number of aryl methyl sites for hydroxylation is 3. The van der Waals surface area contributed by atoms with Gasteiger partial charge < -0.3 is 0 Å². The van der Waals surface area contributed by atoms with E-state index < -0.39 is 10.0 Å². The minimum Gasteiger partial charge on any atom is -0.255 e. The maximum Gasteiger partial charge on any atom is 0.245 e. The van der Waals surface area contributed by atoms with Gasteiger partial charge in [0.2, 0.25) is 10.0 Å². The van der Waals surface area contributed by atoms with Crippen molar-refractivity contribution in [3.05, 3.63) is 46.7 Å². The zero-order valence-electron chi connectivity index (χ0n) is 12.9. The van der Waals surface area contributed by atoms with Crippen molar-refractivity contribution in [3.8, 4) is 0 Å². The Balaban J connectivity index is 2.05. The quantitative estimate of drug-likeness (QED) is 0.878. The molecule has 0 aliphatic rings. The second-order valence-electron chi connectivity index (χ2n) is 5.38. The van der Waals surface area contributed by atoms with Gasteiger partial charge in [-0.25, -0.2) is 13.1 Å². The molecular formula is C15H20ClN3O2S. The second kappa shape index (κ2) is 6.81. The van der Waals surface area contributed by atoms with E-state index in [1.54, 1.807) is 14.0 Å². The van der Waals surface area contributed by atoms with Crippen molar-refractivity contribution in [1.82, 2.24) is 14.5 Å². The van der Waals surface area contributed by atoms with Gasteiger partial charge in [-0.05, 0) is 32.3 Å². The summed E-state index contributed by atoms with van der Waals surface area (Å²) in [5.74, 6) is 0. The van der Waals surface area contributed by atoms with Gasteiger partial charge in [-0.1, -0.05) is 41.9 Å². The van der Waals surface area contributed by atoms with Crippen LogP contribution in [0.3, 0.4) is 0 Å². The van der Waals surface area contributed by atoms with E-state index in [2.05, 4.69) is 9.82 Å². The van der Waals surface area contributed by atoms with E-state index in [9.17, 15) is 8.42 Å². The summed E-state index contributed by atoms with van der Waals surface area (Å²) in [5.41, 5.74) is 1.58. The van der Waals surface area contributed by atoms with Gasteiger partial charge in [0.1, 0.15) is 10.0 Å². The number of benzene rings is 1. The molecule has 1 aromatic carbocycles. The lowest BCUT2D eigenvalue weighted by Gasteiger charge is -2.14. The summed E-state index contributed by atoms with van der Waals surface area (Å²) in [7, 11) is -2.05. The highest BCUT2D eigenvalue weighted by atomic mass is 35.5. The fraction of sp³-hybridized carbons (Fsp3) is 0.400. The van der Waals surface area contributed by atoms with Gasteiger partial charge in [-0.3, -0.25) is 4.68 Å². The Bertz CT molecular complexity index is 742. The summed E-state index contributed by atoms with van der Waals surface area (Å²) in [6.45, 7) is 3.48. The topological polar surface area (TPSA) is 64.0 Å². The lowest BCUT2D eigenvalue weighted by atomic mass is 10.1. The molecule has 0 saturated heterocycles. The molecule has 0 amide bonds. The Hall–Kier alpha value is -1.37. The minimum atomic E-state index is -3.67. The van der Waals surface area contributed by atoms with E-state index in [1.807, 2.05) is 37.3 Å². The predicted molar refractivity (Wildman–Crippen MR) is 87.5 cm³/mol. The molecule has 0 bridgehead atoms. The standard InChI is InChI=1S/C15H20ClN3O2S/c1-11(9-10-13-7-5-4-6-8-13)18-22(20,21)14-12(2)17-19(3)15(14)16/h4-8,11,18H,9-10H2,1-3H3. The molecule has 120 valence electrons. The summed E-state index contributed by atoms with van der Waals surface area (Å²) in [5, 5.41) is 4.17. The highest BCUT2D eigenvalue weighted by molar-refractivity contribution is 7.89. The largest absolute Gasteiger partial charge is 0.255 e. The number of sulfonamides is 1. The van der Waals surface area contributed by atoms with E-state index >= 15 is 0 Å². The molecule has 0 aliphatic carbocycles. The molecule has 1 atom stereocenters. The number of hydrogen-bond donors (Lipinski definition) is 1. The molecule has 1 N–H and O–H groups in total. The van der Waals surface area contributed by atoms with Crippen LogP contribution >= 0.6 is 11.6 Å². The van der Waals surface area contributed by atoms with Crippen molar-refractivity contribution < 1.29 is 8.42 Å². The van der Waals surface area contributed by atoms with Gasteiger partial charge in [0, 0.05) is 13.1 Å². The number of hydrogen-bond acceptors (Lipinski definition) is 3. The van der Waals surface area contributed by atoms with Crippen molar-refractivity contribution in [2.24, 2.45) is 7.05 Å². The molecule has 5 nitrogen and oxygen atoms in total. The average molecular weight is 342 g/mol. The first-order valence-electron chi connectivity index (χ1n) is 7.06. The zero-order chi connectivity index (χ0) is 16.3. The first kappa shape index (κ1) is 17.0. The molecule has 2 aromatic rings. The summed E-state index contributed by atoms with van der Waals surface area (Å²) < 4.78 is 29.0. The molecule has 1 aromatic heterocycles. The molecule has 7 heteroatoms. The van der Waals surface area contributed by atoms with Gasteiger partial charge in [0.15, 0.2) is 0 Å². The Kier molecular flexibility index (Phi) is 5.26. The minimum absolute atomic E-state index is 0.0585. The van der Waals surface area contributed by atoms with Crippen LogP contribution in [-0.4, -0.2) is 24.2 Å². The molecule has 0 spiro atoms. The van der Waals surface area contributed by atoms with Gasteiger partial charge in [-0.15, -0.1) is 0 Å². The van der Waals surface area contributed by atoms with Crippen LogP contribution in [0.25, 0.3) is 0 Å². The smallest absolute Gasteiger partial charge is 0.245 e. The fourth-order valence-electron chi connectivity index (χ4n) is 2.33. The van der Waals surface area contributed by atoms with E-state index in [-0.39, 0.29) is 16.1 Å². The Labute approximate surface area is 136 Å². The molecule has 2 rings (SSSR count). The molecule has 0 aliphatic heterocycles.